The van der Waals surface area contributed by atoms with Crippen molar-refractivity contribution in [3.63, 3.8) is 0 Å². The van der Waals surface area contributed by atoms with Crippen LogP contribution in [-0.4, -0.2) is 36.6 Å². The Morgan fingerprint density at radius 1 is 1.35 bits per heavy atom. The van der Waals surface area contributed by atoms with E-state index in [1.807, 2.05) is 6.08 Å². The first kappa shape index (κ1) is 14.7. The molecule has 1 aliphatic heterocycles. The topological polar surface area (TPSA) is 15.3 Å². The maximum Gasteiger partial charge on any atom is 0.0195 e. The van der Waals surface area contributed by atoms with E-state index in [0.29, 0.717) is 6.04 Å². The normalized spacial score (nSPS) is 20.4. The second-order valence-electron chi connectivity index (χ2n) is 5.52. The van der Waals surface area contributed by atoms with Crippen molar-refractivity contribution >= 4 is 0 Å². The summed E-state index contributed by atoms with van der Waals surface area (Å²) in [5, 5.41) is 3.60. The molecule has 0 bridgehead atoms. The molecule has 2 heteroatoms. The second kappa shape index (κ2) is 8.71. The van der Waals surface area contributed by atoms with E-state index in [0.717, 1.165) is 6.04 Å². The lowest BCUT2D eigenvalue weighted by Crippen LogP contribution is -2.41. The van der Waals surface area contributed by atoms with Crippen LogP contribution in [0.3, 0.4) is 0 Å². The molecule has 1 heterocycles. The molecule has 0 aliphatic carbocycles. The molecule has 0 saturated carbocycles. The van der Waals surface area contributed by atoms with Gasteiger partial charge in [0.1, 0.15) is 0 Å². The Hall–Kier alpha value is -0.340. The molecule has 0 spiro atoms. The van der Waals surface area contributed by atoms with Crippen molar-refractivity contribution in [3.8, 4) is 0 Å². The molecular formula is C15H30N2. The van der Waals surface area contributed by atoms with Gasteiger partial charge in [-0.25, -0.2) is 0 Å². The highest BCUT2D eigenvalue weighted by Gasteiger charge is 2.18. The van der Waals surface area contributed by atoms with Crippen molar-refractivity contribution in [2.75, 3.05) is 19.6 Å². The maximum atomic E-state index is 3.77. The SMILES string of the molecule is C=CCCCCCN(CC1CCCN1)C(C)C. The summed E-state index contributed by atoms with van der Waals surface area (Å²) < 4.78 is 0. The molecule has 1 saturated heterocycles. The van der Waals surface area contributed by atoms with E-state index in [1.54, 1.807) is 0 Å². The lowest BCUT2D eigenvalue weighted by atomic mass is 10.1. The van der Waals surface area contributed by atoms with Gasteiger partial charge in [0.2, 0.25) is 0 Å². The predicted octanol–water partition coefficient (Wildman–Crippen LogP) is 3.20. The van der Waals surface area contributed by atoms with Gasteiger partial charge in [0.25, 0.3) is 0 Å². The summed E-state index contributed by atoms with van der Waals surface area (Å²) in [5.41, 5.74) is 0. The van der Waals surface area contributed by atoms with Crippen molar-refractivity contribution in [2.24, 2.45) is 0 Å². The first-order valence-electron chi connectivity index (χ1n) is 7.32. The third kappa shape index (κ3) is 6.23. The number of nitrogens with zero attached hydrogens (tertiary/aromatic N) is 1. The molecule has 17 heavy (non-hydrogen) atoms. The van der Waals surface area contributed by atoms with E-state index in [-0.39, 0.29) is 0 Å². The molecule has 0 amide bonds. The van der Waals surface area contributed by atoms with Crippen LogP contribution in [-0.2, 0) is 0 Å². The van der Waals surface area contributed by atoms with Gasteiger partial charge in [-0.05, 0) is 59.0 Å². The minimum Gasteiger partial charge on any atom is -0.313 e. The molecule has 100 valence electrons. The summed E-state index contributed by atoms with van der Waals surface area (Å²) in [4.78, 5) is 2.64. The van der Waals surface area contributed by atoms with Crippen LogP contribution in [0.15, 0.2) is 12.7 Å². The van der Waals surface area contributed by atoms with Gasteiger partial charge in [-0.1, -0.05) is 12.5 Å². The first-order valence-corrected chi connectivity index (χ1v) is 7.32. The number of unbranched alkanes of at least 4 members (excludes halogenated alkanes) is 3. The minimum absolute atomic E-state index is 0.678. The van der Waals surface area contributed by atoms with Gasteiger partial charge in [0.15, 0.2) is 0 Å². The largest absolute Gasteiger partial charge is 0.313 e. The molecule has 0 aromatic carbocycles. The average molecular weight is 238 g/mol. The maximum absolute atomic E-state index is 3.77. The fourth-order valence-corrected chi connectivity index (χ4v) is 2.54. The van der Waals surface area contributed by atoms with Gasteiger partial charge in [-0.2, -0.15) is 0 Å². The number of hydrogen-bond acceptors (Lipinski definition) is 2. The van der Waals surface area contributed by atoms with Crippen LogP contribution in [0.4, 0.5) is 0 Å². The Kier molecular flexibility index (Phi) is 7.54. The minimum atomic E-state index is 0.678. The van der Waals surface area contributed by atoms with Crippen molar-refractivity contribution in [1.82, 2.24) is 10.2 Å². The highest BCUT2D eigenvalue weighted by molar-refractivity contribution is 4.79. The van der Waals surface area contributed by atoms with Crippen molar-refractivity contribution in [2.45, 2.75) is 64.5 Å². The third-order valence-electron chi connectivity index (χ3n) is 3.70. The quantitative estimate of drug-likeness (QED) is 0.490. The Bertz CT molecular complexity index is 195. The molecule has 0 aromatic rings. The van der Waals surface area contributed by atoms with Gasteiger partial charge in [0, 0.05) is 18.6 Å². The van der Waals surface area contributed by atoms with Gasteiger partial charge in [0.05, 0.1) is 0 Å². The van der Waals surface area contributed by atoms with Crippen molar-refractivity contribution in [1.29, 1.82) is 0 Å². The van der Waals surface area contributed by atoms with Crippen LogP contribution in [0.1, 0.15) is 52.4 Å². The van der Waals surface area contributed by atoms with Crippen LogP contribution in [0.25, 0.3) is 0 Å². The smallest absolute Gasteiger partial charge is 0.0195 e. The fraction of sp³-hybridized carbons (Fsp3) is 0.867. The molecule has 1 aliphatic rings. The van der Waals surface area contributed by atoms with Crippen LogP contribution >= 0.6 is 0 Å². The second-order valence-corrected chi connectivity index (χ2v) is 5.52. The van der Waals surface area contributed by atoms with Gasteiger partial charge in [-0.15, -0.1) is 6.58 Å². The Balaban J connectivity index is 2.15. The van der Waals surface area contributed by atoms with Gasteiger partial charge < -0.3 is 5.32 Å². The zero-order valence-electron chi connectivity index (χ0n) is 11.8. The molecule has 1 atom stereocenters. The Labute approximate surface area is 107 Å². The highest BCUT2D eigenvalue weighted by atomic mass is 15.2. The van der Waals surface area contributed by atoms with Crippen molar-refractivity contribution < 1.29 is 0 Å². The Morgan fingerprint density at radius 2 is 2.18 bits per heavy atom. The van der Waals surface area contributed by atoms with Crippen LogP contribution in [0, 0.1) is 0 Å². The van der Waals surface area contributed by atoms with Gasteiger partial charge in [-0.3, -0.25) is 4.90 Å². The summed E-state index contributed by atoms with van der Waals surface area (Å²) in [6, 6.07) is 1.42. The summed E-state index contributed by atoms with van der Waals surface area (Å²) >= 11 is 0. The highest BCUT2D eigenvalue weighted by Crippen LogP contribution is 2.11. The first-order chi connectivity index (χ1) is 8.24. The molecule has 0 aromatic heterocycles. The summed E-state index contributed by atoms with van der Waals surface area (Å²) in [5.74, 6) is 0. The summed E-state index contributed by atoms with van der Waals surface area (Å²) in [6.45, 7) is 12.1. The van der Waals surface area contributed by atoms with Crippen LogP contribution in [0.5, 0.6) is 0 Å². The molecule has 0 radical (unpaired) electrons. The van der Waals surface area contributed by atoms with Gasteiger partial charge >= 0.3 is 0 Å². The molecular weight excluding hydrogens is 208 g/mol. The van der Waals surface area contributed by atoms with E-state index < -0.39 is 0 Å². The summed E-state index contributed by atoms with van der Waals surface area (Å²) in [7, 11) is 0. The van der Waals surface area contributed by atoms with E-state index in [1.165, 1.54) is 58.2 Å². The monoisotopic (exact) mass is 238 g/mol. The molecule has 2 nitrogen and oxygen atoms in total. The number of allylic oxidation sites excluding steroid dienone is 1. The molecule has 1 unspecified atom stereocenters. The van der Waals surface area contributed by atoms with E-state index in [2.05, 4.69) is 30.6 Å². The Morgan fingerprint density at radius 3 is 2.76 bits per heavy atom. The lowest BCUT2D eigenvalue weighted by Gasteiger charge is -2.29. The number of nitrogens with one attached hydrogen (secondary N) is 1. The van der Waals surface area contributed by atoms with Crippen LogP contribution in [0.2, 0.25) is 0 Å². The zero-order chi connectivity index (χ0) is 12.5. The third-order valence-corrected chi connectivity index (χ3v) is 3.70. The fourth-order valence-electron chi connectivity index (χ4n) is 2.54. The van der Waals surface area contributed by atoms with Crippen molar-refractivity contribution in [3.05, 3.63) is 12.7 Å². The zero-order valence-corrected chi connectivity index (χ0v) is 11.8. The molecule has 1 N–H and O–H groups in total. The standard InChI is InChI=1S/C15H30N2/c1-4-5-6-7-8-12-17(14(2)3)13-15-10-9-11-16-15/h4,14-16H,1,5-13H2,2-3H3. The molecule has 1 rings (SSSR count). The number of hydrogen-bond donors (Lipinski definition) is 1. The van der Waals surface area contributed by atoms with E-state index >= 15 is 0 Å². The lowest BCUT2D eigenvalue weighted by molar-refractivity contribution is 0.198. The number of rotatable bonds is 9. The van der Waals surface area contributed by atoms with Crippen LogP contribution < -0.4 is 5.32 Å². The average Bonchev–Trinajstić information content (AvgIpc) is 2.79. The van der Waals surface area contributed by atoms with E-state index in [9.17, 15) is 0 Å². The predicted molar refractivity (Wildman–Crippen MR) is 76.4 cm³/mol. The summed E-state index contributed by atoms with van der Waals surface area (Å²) in [6.07, 6.45) is 9.90. The van der Waals surface area contributed by atoms with E-state index in [4.69, 9.17) is 0 Å². The molecule has 1 fully saturated rings.